The van der Waals surface area contributed by atoms with Gasteiger partial charge in [0, 0.05) is 18.3 Å². The van der Waals surface area contributed by atoms with Gasteiger partial charge in [0.15, 0.2) is 17.9 Å². The Morgan fingerprint density at radius 2 is 1.53 bits per heavy atom. The van der Waals surface area contributed by atoms with Crippen LogP contribution in [0.3, 0.4) is 0 Å². The quantitative estimate of drug-likeness (QED) is 0.256. The summed E-state index contributed by atoms with van der Waals surface area (Å²) in [7, 11) is -3.58. The van der Waals surface area contributed by atoms with Crippen molar-refractivity contribution in [1.29, 1.82) is 0 Å². The molecule has 0 radical (unpaired) electrons. The molecule has 3 saturated heterocycles. The number of hydrogen-bond donors (Lipinski definition) is 0. The molecule has 7 aliphatic rings. The van der Waals surface area contributed by atoms with E-state index in [9.17, 15) is 8.42 Å². The summed E-state index contributed by atoms with van der Waals surface area (Å²) < 4.78 is 69.4. The second-order valence-corrected chi connectivity index (χ2v) is 20.2. The molecule has 9 nitrogen and oxygen atoms in total. The largest absolute Gasteiger partial charge is 0.347 e. The Morgan fingerprint density at radius 3 is 2.24 bits per heavy atom. The second kappa shape index (κ2) is 13.0. The SMILES string of the molecule is CC1O[C@H]([C@@H](C)[C@H]2CC[C@H]3[C@@H]4CC5(OCCO5)[C@H]5C[C@@H]6OC(C)(C)O[C@@H]6C[C@]5(C)[C@H]4CC[C@]23C)[C@@H]([C@@H](c2ccccc2)[C@H](C)COS(C)(=O)=O)O1. The first-order chi connectivity index (χ1) is 24.0. The van der Waals surface area contributed by atoms with Crippen LogP contribution in [-0.2, 0) is 42.7 Å². The molecule has 1 aromatic carbocycles. The van der Waals surface area contributed by atoms with Crippen LogP contribution < -0.4 is 0 Å². The van der Waals surface area contributed by atoms with Gasteiger partial charge in [-0.15, -0.1) is 0 Å². The Labute approximate surface area is 306 Å². The maximum atomic E-state index is 12.0. The van der Waals surface area contributed by atoms with Gasteiger partial charge in [-0.1, -0.05) is 58.0 Å². The van der Waals surface area contributed by atoms with E-state index in [1.807, 2.05) is 25.1 Å². The van der Waals surface area contributed by atoms with E-state index in [1.54, 1.807) is 0 Å². The first-order valence-corrected chi connectivity index (χ1v) is 21.7. The molecule has 3 aliphatic heterocycles. The van der Waals surface area contributed by atoms with Gasteiger partial charge in [0.05, 0.1) is 50.5 Å². The fourth-order valence-corrected chi connectivity index (χ4v) is 13.9. The number of hydrogen-bond acceptors (Lipinski definition) is 9. The van der Waals surface area contributed by atoms with Crippen LogP contribution in [0.15, 0.2) is 30.3 Å². The van der Waals surface area contributed by atoms with Gasteiger partial charge < -0.3 is 28.4 Å². The minimum Gasteiger partial charge on any atom is -0.347 e. The van der Waals surface area contributed by atoms with E-state index in [2.05, 4.69) is 53.7 Å². The minimum atomic E-state index is -3.58. The molecule has 0 aromatic heterocycles. The molecule has 0 N–H and O–H groups in total. The summed E-state index contributed by atoms with van der Waals surface area (Å²) >= 11 is 0. The topological polar surface area (TPSA) is 98.8 Å². The van der Waals surface area contributed by atoms with E-state index < -0.39 is 21.7 Å². The maximum Gasteiger partial charge on any atom is 0.264 e. The molecular formula is C41H62O9S. The normalized spacial score (nSPS) is 45.8. The van der Waals surface area contributed by atoms with Crippen molar-refractivity contribution >= 4 is 10.1 Å². The highest BCUT2D eigenvalue weighted by Crippen LogP contribution is 2.71. The molecule has 0 amide bonds. The Kier molecular flexibility index (Phi) is 9.39. The van der Waals surface area contributed by atoms with Crippen molar-refractivity contribution in [3.63, 3.8) is 0 Å². The fourth-order valence-electron chi connectivity index (χ4n) is 13.4. The standard InChI is InChI=1S/C41H62O9S/c1-24(23-46-51(8,42)43)35(27-12-10-9-11-13-27)37-36(47-26(3)48-37)25(2)29-14-15-30-28-21-41(44-18-19-45-41)34-20-32-33(50-38(4,5)49-32)22-40(34,7)31(28)16-17-39(29,30)6/h9-13,24-26,28-37H,14-23H2,1-8H3/t24-,25+,26?,28+,29-,30+,31+,32+,33-,34+,35-,36-,37-,39-,40-/m1/s1. The lowest BCUT2D eigenvalue weighted by molar-refractivity contribution is -0.301. The van der Waals surface area contributed by atoms with Crippen LogP contribution in [0.5, 0.6) is 0 Å². The van der Waals surface area contributed by atoms with E-state index in [4.69, 9.17) is 32.6 Å². The highest BCUT2D eigenvalue weighted by atomic mass is 32.2. The Hall–Kier alpha value is -1.11. The van der Waals surface area contributed by atoms with Gasteiger partial charge in [0.2, 0.25) is 0 Å². The molecule has 286 valence electrons. The molecule has 7 fully saturated rings. The molecule has 1 aromatic rings. The molecule has 1 unspecified atom stereocenters. The number of benzene rings is 1. The summed E-state index contributed by atoms with van der Waals surface area (Å²) in [5.74, 6) is 1.42. The summed E-state index contributed by atoms with van der Waals surface area (Å²) in [6.45, 7) is 17.1. The lowest BCUT2D eigenvalue weighted by Crippen LogP contribution is -2.65. The number of rotatable bonds is 8. The highest BCUT2D eigenvalue weighted by molar-refractivity contribution is 7.85. The van der Waals surface area contributed by atoms with Crippen LogP contribution in [0, 0.1) is 52.3 Å². The third-order valence-corrected chi connectivity index (χ3v) is 15.8. The van der Waals surface area contributed by atoms with Gasteiger partial charge in [-0.3, -0.25) is 4.18 Å². The van der Waals surface area contributed by atoms with Crippen LogP contribution in [0.2, 0.25) is 0 Å². The third-order valence-electron chi connectivity index (χ3n) is 15.2. The van der Waals surface area contributed by atoms with Gasteiger partial charge in [-0.2, -0.15) is 8.42 Å². The van der Waals surface area contributed by atoms with E-state index in [0.717, 1.165) is 31.1 Å². The summed E-state index contributed by atoms with van der Waals surface area (Å²) in [4.78, 5) is 0. The van der Waals surface area contributed by atoms with E-state index in [0.29, 0.717) is 42.8 Å². The zero-order chi connectivity index (χ0) is 36.1. The Morgan fingerprint density at radius 1 is 0.863 bits per heavy atom. The molecule has 0 bridgehead atoms. The molecule has 4 aliphatic carbocycles. The van der Waals surface area contributed by atoms with Crippen LogP contribution in [0.4, 0.5) is 0 Å². The summed E-state index contributed by atoms with van der Waals surface area (Å²) in [6, 6.07) is 10.4. The Balaban J connectivity index is 1.07. The van der Waals surface area contributed by atoms with Crippen molar-refractivity contribution in [2.24, 2.45) is 52.3 Å². The van der Waals surface area contributed by atoms with E-state index in [1.165, 1.54) is 25.7 Å². The van der Waals surface area contributed by atoms with Crippen molar-refractivity contribution < 1.29 is 41.0 Å². The predicted octanol–water partition coefficient (Wildman–Crippen LogP) is 7.29. The highest BCUT2D eigenvalue weighted by Gasteiger charge is 2.70. The van der Waals surface area contributed by atoms with E-state index >= 15 is 0 Å². The van der Waals surface area contributed by atoms with Gasteiger partial charge in [0.25, 0.3) is 10.1 Å². The average Bonchev–Trinajstić information content (AvgIpc) is 3.83. The summed E-state index contributed by atoms with van der Waals surface area (Å²) in [5, 5.41) is 0. The van der Waals surface area contributed by atoms with Gasteiger partial charge in [-0.25, -0.2) is 0 Å². The molecule has 51 heavy (non-hydrogen) atoms. The number of ether oxygens (including phenoxy) is 6. The van der Waals surface area contributed by atoms with Crippen LogP contribution in [-0.4, -0.2) is 76.8 Å². The lowest BCUT2D eigenvalue weighted by Gasteiger charge is -2.65. The summed E-state index contributed by atoms with van der Waals surface area (Å²) in [6.07, 6.45) is 8.33. The van der Waals surface area contributed by atoms with Crippen molar-refractivity contribution in [2.45, 2.75) is 142 Å². The molecule has 1 spiro atoms. The molecule has 3 heterocycles. The number of fused-ring (bicyclic) bond motifs is 7. The zero-order valence-corrected chi connectivity index (χ0v) is 32.9. The van der Waals surface area contributed by atoms with Crippen molar-refractivity contribution in [1.82, 2.24) is 0 Å². The Bertz CT molecular complexity index is 1530. The average molecular weight is 731 g/mol. The molecular weight excluding hydrogens is 669 g/mol. The predicted molar refractivity (Wildman–Crippen MR) is 192 cm³/mol. The van der Waals surface area contributed by atoms with Crippen LogP contribution in [0.25, 0.3) is 0 Å². The minimum absolute atomic E-state index is 0.0548. The van der Waals surface area contributed by atoms with Gasteiger partial charge >= 0.3 is 0 Å². The smallest absolute Gasteiger partial charge is 0.264 e. The lowest BCUT2D eigenvalue weighted by atomic mass is 9.42. The third kappa shape index (κ3) is 6.27. The molecule has 4 saturated carbocycles. The van der Waals surface area contributed by atoms with Gasteiger partial charge in [0.1, 0.15) is 0 Å². The van der Waals surface area contributed by atoms with Crippen LogP contribution >= 0.6 is 0 Å². The van der Waals surface area contributed by atoms with Gasteiger partial charge in [-0.05, 0) is 111 Å². The molecule has 10 heteroatoms. The first kappa shape index (κ1) is 36.8. The maximum absolute atomic E-state index is 12.0. The van der Waals surface area contributed by atoms with Crippen LogP contribution in [0.1, 0.15) is 105 Å². The molecule has 8 rings (SSSR count). The monoisotopic (exact) mass is 730 g/mol. The zero-order valence-electron chi connectivity index (χ0n) is 32.0. The fraction of sp³-hybridized carbons (Fsp3) is 0.854. The first-order valence-electron chi connectivity index (χ1n) is 19.9. The van der Waals surface area contributed by atoms with E-state index in [-0.39, 0.29) is 65.9 Å². The van der Waals surface area contributed by atoms with Crippen molar-refractivity contribution in [3.05, 3.63) is 35.9 Å². The van der Waals surface area contributed by atoms with Crippen molar-refractivity contribution in [2.75, 3.05) is 26.1 Å². The molecule has 15 atom stereocenters. The second-order valence-electron chi connectivity index (χ2n) is 18.6. The van der Waals surface area contributed by atoms with Crippen molar-refractivity contribution in [3.8, 4) is 0 Å². The summed E-state index contributed by atoms with van der Waals surface area (Å²) in [5.41, 5.74) is 1.33.